The van der Waals surface area contributed by atoms with Crippen LogP contribution in [0, 0.1) is 0 Å². The highest BCUT2D eigenvalue weighted by Gasteiger charge is 2.21. The first-order chi connectivity index (χ1) is 8.84. The van der Waals surface area contributed by atoms with Crippen LogP contribution in [0.2, 0.25) is 0 Å². The summed E-state index contributed by atoms with van der Waals surface area (Å²) >= 11 is 3.59. The van der Waals surface area contributed by atoms with E-state index in [1.165, 1.54) is 25.7 Å². The molecule has 0 bridgehead atoms. The van der Waals surface area contributed by atoms with Gasteiger partial charge in [-0.2, -0.15) is 5.10 Å². The zero-order valence-electron chi connectivity index (χ0n) is 10.1. The summed E-state index contributed by atoms with van der Waals surface area (Å²) in [5.74, 6) is 1.62. The van der Waals surface area contributed by atoms with Crippen molar-refractivity contribution < 1.29 is 4.74 Å². The van der Waals surface area contributed by atoms with Crippen LogP contribution in [0.15, 0.2) is 41.1 Å². The average Bonchev–Trinajstić information content (AvgIpc) is 3.02. The Balaban J connectivity index is 1.81. The second-order valence-electron chi connectivity index (χ2n) is 4.60. The van der Waals surface area contributed by atoms with Gasteiger partial charge in [-0.25, -0.2) is 0 Å². The Labute approximate surface area is 115 Å². The highest BCUT2D eigenvalue weighted by molar-refractivity contribution is 9.10. The van der Waals surface area contributed by atoms with E-state index in [9.17, 15) is 0 Å². The molecule has 3 nitrogen and oxygen atoms in total. The minimum absolute atomic E-state index is 0.521. The third kappa shape index (κ3) is 2.29. The molecule has 1 heterocycles. The molecule has 2 aromatic rings. The van der Waals surface area contributed by atoms with Crippen molar-refractivity contribution in [3.8, 4) is 11.5 Å². The van der Waals surface area contributed by atoms with Gasteiger partial charge in [0.1, 0.15) is 10.4 Å². The van der Waals surface area contributed by atoms with E-state index in [1.54, 1.807) is 6.20 Å². The molecule has 0 radical (unpaired) electrons. The quantitative estimate of drug-likeness (QED) is 0.831. The maximum Gasteiger partial charge on any atom is 0.179 e. The summed E-state index contributed by atoms with van der Waals surface area (Å²) in [6, 6.07) is 10.3. The summed E-state index contributed by atoms with van der Waals surface area (Å²) in [7, 11) is 0. The highest BCUT2D eigenvalue weighted by Crippen LogP contribution is 2.36. The molecule has 0 saturated heterocycles. The van der Waals surface area contributed by atoms with Crippen molar-refractivity contribution in [1.29, 1.82) is 0 Å². The van der Waals surface area contributed by atoms with E-state index < -0.39 is 0 Å². The molecule has 1 saturated carbocycles. The van der Waals surface area contributed by atoms with Gasteiger partial charge < -0.3 is 4.74 Å². The Morgan fingerprint density at radius 2 is 1.89 bits per heavy atom. The van der Waals surface area contributed by atoms with Crippen LogP contribution < -0.4 is 4.74 Å². The van der Waals surface area contributed by atoms with Gasteiger partial charge in [0.2, 0.25) is 0 Å². The predicted octanol–water partition coefficient (Wildman–Crippen LogP) is 4.55. The molecule has 0 aliphatic heterocycles. The Morgan fingerprint density at radius 1 is 1.17 bits per heavy atom. The van der Waals surface area contributed by atoms with Crippen molar-refractivity contribution in [3.05, 3.63) is 41.1 Å². The van der Waals surface area contributed by atoms with E-state index >= 15 is 0 Å². The molecule has 3 rings (SSSR count). The van der Waals surface area contributed by atoms with E-state index in [1.807, 2.05) is 35.0 Å². The predicted molar refractivity (Wildman–Crippen MR) is 73.9 cm³/mol. The topological polar surface area (TPSA) is 27.1 Å². The molecule has 4 heteroatoms. The maximum atomic E-state index is 5.82. The largest absolute Gasteiger partial charge is 0.453 e. The van der Waals surface area contributed by atoms with Crippen molar-refractivity contribution in [3.63, 3.8) is 0 Å². The summed E-state index contributed by atoms with van der Waals surface area (Å²) in [4.78, 5) is 0. The number of para-hydroxylation sites is 1. The minimum Gasteiger partial charge on any atom is -0.453 e. The third-order valence-corrected chi connectivity index (χ3v) is 4.10. The van der Waals surface area contributed by atoms with Crippen molar-refractivity contribution in [2.75, 3.05) is 0 Å². The van der Waals surface area contributed by atoms with Crippen molar-refractivity contribution in [2.45, 2.75) is 31.7 Å². The molecule has 0 spiro atoms. The van der Waals surface area contributed by atoms with Crippen LogP contribution in [0.5, 0.6) is 11.5 Å². The molecule has 1 aromatic heterocycles. The first-order valence-corrected chi connectivity index (χ1v) is 7.10. The molecular weight excluding hydrogens is 292 g/mol. The second kappa shape index (κ2) is 5.14. The molecule has 0 N–H and O–H groups in total. The fourth-order valence-electron chi connectivity index (χ4n) is 2.42. The zero-order chi connectivity index (χ0) is 12.4. The van der Waals surface area contributed by atoms with E-state index in [0.29, 0.717) is 6.04 Å². The van der Waals surface area contributed by atoms with Gasteiger partial charge in [-0.3, -0.25) is 4.68 Å². The van der Waals surface area contributed by atoms with Crippen molar-refractivity contribution >= 4 is 15.9 Å². The number of rotatable bonds is 3. The fraction of sp³-hybridized carbons (Fsp3) is 0.357. The van der Waals surface area contributed by atoms with Gasteiger partial charge in [-0.05, 0) is 40.9 Å². The number of nitrogens with zero attached hydrogens (tertiary/aromatic N) is 2. The first-order valence-electron chi connectivity index (χ1n) is 6.30. The number of hydrogen-bond donors (Lipinski definition) is 0. The van der Waals surface area contributed by atoms with Gasteiger partial charge >= 0.3 is 0 Å². The SMILES string of the molecule is Brc1c(Oc2ccccc2)cnn1C1CCCC1. The molecule has 1 aliphatic carbocycles. The van der Waals surface area contributed by atoms with Crippen molar-refractivity contribution in [2.24, 2.45) is 0 Å². The molecule has 18 heavy (non-hydrogen) atoms. The lowest BCUT2D eigenvalue weighted by Crippen LogP contribution is -2.06. The van der Waals surface area contributed by atoms with Gasteiger partial charge in [0, 0.05) is 0 Å². The van der Waals surface area contributed by atoms with Crippen molar-refractivity contribution in [1.82, 2.24) is 9.78 Å². The van der Waals surface area contributed by atoms with E-state index in [-0.39, 0.29) is 0 Å². The van der Waals surface area contributed by atoms with Gasteiger partial charge in [0.15, 0.2) is 5.75 Å². The third-order valence-electron chi connectivity index (χ3n) is 3.35. The van der Waals surface area contributed by atoms with Crippen LogP contribution in [0.3, 0.4) is 0 Å². The lowest BCUT2D eigenvalue weighted by Gasteiger charge is -2.11. The number of benzene rings is 1. The second-order valence-corrected chi connectivity index (χ2v) is 5.35. The van der Waals surface area contributed by atoms with Gasteiger partial charge in [0.25, 0.3) is 0 Å². The standard InChI is InChI=1S/C14H15BrN2O/c15-14-13(18-12-8-2-1-3-9-12)10-16-17(14)11-6-4-5-7-11/h1-3,8-11H,4-7H2. The number of aromatic nitrogens is 2. The van der Waals surface area contributed by atoms with Crippen LogP contribution in [-0.2, 0) is 0 Å². The Hall–Kier alpha value is -1.29. The normalized spacial score (nSPS) is 16.1. The van der Waals surface area contributed by atoms with Gasteiger partial charge in [-0.15, -0.1) is 0 Å². The van der Waals surface area contributed by atoms with Crippen LogP contribution >= 0.6 is 15.9 Å². The van der Waals surface area contributed by atoms with Crippen LogP contribution in [-0.4, -0.2) is 9.78 Å². The molecule has 0 unspecified atom stereocenters. The number of ether oxygens (including phenoxy) is 1. The summed E-state index contributed by atoms with van der Waals surface area (Å²) in [6.07, 6.45) is 6.81. The van der Waals surface area contributed by atoms with E-state index in [4.69, 9.17) is 4.74 Å². The molecule has 0 amide bonds. The molecule has 94 valence electrons. The highest BCUT2D eigenvalue weighted by atomic mass is 79.9. The van der Waals surface area contributed by atoms with E-state index in [2.05, 4.69) is 21.0 Å². The zero-order valence-corrected chi connectivity index (χ0v) is 11.6. The summed E-state index contributed by atoms with van der Waals surface area (Å²) < 4.78 is 8.81. The Morgan fingerprint density at radius 3 is 2.61 bits per heavy atom. The van der Waals surface area contributed by atoms with Crippen LogP contribution in [0.25, 0.3) is 0 Å². The molecule has 1 fully saturated rings. The lowest BCUT2D eigenvalue weighted by molar-refractivity contribution is 0.445. The molecule has 1 aliphatic rings. The van der Waals surface area contributed by atoms with Crippen LogP contribution in [0.1, 0.15) is 31.7 Å². The molecule has 0 atom stereocenters. The molecule has 1 aromatic carbocycles. The van der Waals surface area contributed by atoms with Gasteiger partial charge in [-0.1, -0.05) is 31.0 Å². The summed E-state index contributed by atoms with van der Waals surface area (Å²) in [6.45, 7) is 0. The van der Waals surface area contributed by atoms with E-state index in [0.717, 1.165) is 16.1 Å². The number of hydrogen-bond acceptors (Lipinski definition) is 2. The number of halogens is 1. The average molecular weight is 307 g/mol. The Bertz CT molecular complexity index is 518. The summed E-state index contributed by atoms with van der Waals surface area (Å²) in [5, 5.41) is 4.44. The monoisotopic (exact) mass is 306 g/mol. The molecular formula is C14H15BrN2O. The minimum atomic E-state index is 0.521. The fourth-order valence-corrected chi connectivity index (χ4v) is 2.98. The first kappa shape index (κ1) is 11.8. The smallest absolute Gasteiger partial charge is 0.179 e. The summed E-state index contributed by atoms with van der Waals surface area (Å²) in [5.41, 5.74) is 0. The Kier molecular flexibility index (Phi) is 3.37. The van der Waals surface area contributed by atoms with Gasteiger partial charge in [0.05, 0.1) is 12.2 Å². The maximum absolute atomic E-state index is 5.82. The van der Waals surface area contributed by atoms with Crippen LogP contribution in [0.4, 0.5) is 0 Å². The lowest BCUT2D eigenvalue weighted by atomic mass is 10.3.